The first-order valence-electron chi connectivity index (χ1n) is 20.0. The van der Waals surface area contributed by atoms with E-state index in [4.69, 9.17) is 10.7 Å². The predicted octanol–water partition coefficient (Wildman–Crippen LogP) is 2.46. The van der Waals surface area contributed by atoms with Gasteiger partial charge in [0.1, 0.15) is 5.82 Å². The number of primary amides is 1. The van der Waals surface area contributed by atoms with Crippen molar-refractivity contribution in [2.75, 3.05) is 86.0 Å². The van der Waals surface area contributed by atoms with Crippen LogP contribution in [0, 0.1) is 11.8 Å². The van der Waals surface area contributed by atoms with Gasteiger partial charge in [-0.25, -0.2) is 24.6 Å². The second-order valence-electron chi connectivity index (χ2n) is 15.9. The number of urea groups is 2. The van der Waals surface area contributed by atoms with Crippen LogP contribution < -0.4 is 31.1 Å². The van der Waals surface area contributed by atoms with Crippen molar-refractivity contribution in [1.82, 2.24) is 35.1 Å². The van der Waals surface area contributed by atoms with Crippen LogP contribution in [0.1, 0.15) is 63.3 Å². The van der Waals surface area contributed by atoms with Crippen molar-refractivity contribution >= 4 is 64.4 Å². The monoisotopic (exact) mass is 790 g/mol. The lowest BCUT2D eigenvalue weighted by molar-refractivity contribution is -0.122. The van der Waals surface area contributed by atoms with Gasteiger partial charge in [-0.05, 0) is 73.9 Å². The molecule has 0 saturated carbocycles. The summed E-state index contributed by atoms with van der Waals surface area (Å²) >= 11 is 0. The third-order valence-electron chi connectivity index (χ3n) is 12.5. The highest BCUT2D eigenvalue weighted by Gasteiger charge is 2.46. The molecule has 3 aromatic rings. The Morgan fingerprint density at radius 3 is 2.34 bits per heavy atom. The number of nitrogens with one attached hydrogen (secondary N) is 2. The predicted molar refractivity (Wildman–Crippen MR) is 213 cm³/mol. The van der Waals surface area contributed by atoms with Gasteiger partial charge in [0.15, 0.2) is 11.5 Å². The molecule has 2 aromatic carbocycles. The first-order chi connectivity index (χ1) is 28.0. The van der Waals surface area contributed by atoms with Gasteiger partial charge in [0, 0.05) is 77.2 Å². The number of likely N-dealkylation sites (N-methyl/N-ethyl adjacent to an activating group) is 1. The van der Waals surface area contributed by atoms with E-state index >= 15 is 0 Å². The molecular weight excluding hydrogens is 745 g/mol. The number of imide groups is 2. The number of hydrazine groups is 1. The standard InChI is InChI=1S/C40H46N12O6/c1-46-18-19-50(40(46)58)28-4-3-14-49(23-28)31-20-42-34(35(41)54)36(44-31)43-26-7-9-27(10-8-26)47-15-11-24-12-16-48(22-25(24)21-47)30-6-2-5-29-33(30)38(56)52(37(29)55)51-17-13-32(53)45-39(51)57/h2,5-10,20,24-25,28H,3-4,11-19,21-23H2,1H3,(H2,41,54)(H,43,44)(H,45,53,57)/t24?,25?,28-/m1/s1. The number of anilines is 5. The molecule has 58 heavy (non-hydrogen) atoms. The number of carbonyl (C=O) groups is 6. The molecule has 6 aliphatic rings. The van der Waals surface area contributed by atoms with Crippen LogP contribution in [0.15, 0.2) is 48.7 Å². The van der Waals surface area contributed by atoms with Gasteiger partial charge in [0.2, 0.25) is 5.91 Å². The van der Waals surface area contributed by atoms with E-state index in [9.17, 15) is 28.8 Å². The molecule has 0 spiro atoms. The SMILES string of the molecule is CN1CCN([C@@H]2CCCN(c3cnc(C(N)=O)c(Nc4ccc(N5CCC6CCN(c7cccc8c7C(=O)N(N7CCC(=O)NC7=O)C8=O)CC6C5)cc4)n3)C2)C1=O. The van der Waals surface area contributed by atoms with Gasteiger partial charge in [-0.3, -0.25) is 24.5 Å². The molecule has 9 rings (SSSR count). The van der Waals surface area contributed by atoms with Crippen LogP contribution in [0.2, 0.25) is 0 Å². The molecule has 1 aromatic heterocycles. The number of hydrogen-bond donors (Lipinski definition) is 3. The quantitative estimate of drug-likeness (QED) is 0.282. The Hall–Kier alpha value is -6.46. The first-order valence-corrected chi connectivity index (χ1v) is 20.0. The molecular formula is C40H46N12O6. The molecule has 18 nitrogen and oxygen atoms in total. The fourth-order valence-electron chi connectivity index (χ4n) is 9.42. The van der Waals surface area contributed by atoms with Crippen LogP contribution in [0.5, 0.6) is 0 Å². The topological polar surface area (TPSA) is 201 Å². The number of rotatable bonds is 8. The van der Waals surface area contributed by atoms with Crippen LogP contribution in [0.4, 0.5) is 38.3 Å². The Balaban J connectivity index is 0.871. The van der Waals surface area contributed by atoms with Crippen molar-refractivity contribution < 1.29 is 28.8 Å². The lowest BCUT2D eigenvalue weighted by Gasteiger charge is -2.46. The largest absolute Gasteiger partial charge is 0.371 e. The molecule has 0 bridgehead atoms. The van der Waals surface area contributed by atoms with Gasteiger partial charge < -0.3 is 35.6 Å². The molecule has 6 aliphatic heterocycles. The van der Waals surface area contributed by atoms with Crippen molar-refractivity contribution in [2.24, 2.45) is 17.6 Å². The van der Waals surface area contributed by atoms with E-state index < -0.39 is 29.7 Å². The number of nitrogens with zero attached hydrogens (tertiary/aromatic N) is 9. The van der Waals surface area contributed by atoms with E-state index in [1.54, 1.807) is 23.2 Å². The maximum atomic E-state index is 13.8. The number of carbonyl (C=O) groups excluding carboxylic acids is 6. The molecule has 8 amide bonds. The summed E-state index contributed by atoms with van der Waals surface area (Å²) in [5.74, 6) is -0.583. The normalized spacial score (nSPS) is 23.7. The second-order valence-corrected chi connectivity index (χ2v) is 15.9. The van der Waals surface area contributed by atoms with E-state index in [0.29, 0.717) is 49.5 Å². The molecule has 302 valence electrons. The summed E-state index contributed by atoms with van der Waals surface area (Å²) in [6.45, 7) is 5.89. The van der Waals surface area contributed by atoms with Crippen molar-refractivity contribution in [1.29, 1.82) is 0 Å². The Kier molecular flexibility index (Phi) is 9.48. The van der Waals surface area contributed by atoms with E-state index in [2.05, 4.69) is 30.3 Å². The zero-order valence-electron chi connectivity index (χ0n) is 32.3. The Morgan fingerprint density at radius 2 is 1.60 bits per heavy atom. The molecule has 7 heterocycles. The zero-order valence-corrected chi connectivity index (χ0v) is 32.3. The molecule has 0 radical (unpaired) electrons. The Labute approximate surface area is 334 Å². The van der Waals surface area contributed by atoms with Crippen LogP contribution in [-0.4, -0.2) is 137 Å². The average molecular weight is 791 g/mol. The lowest BCUT2D eigenvalue weighted by Crippen LogP contribution is -2.58. The summed E-state index contributed by atoms with van der Waals surface area (Å²) in [6.07, 6.45) is 5.35. The summed E-state index contributed by atoms with van der Waals surface area (Å²) in [5.41, 5.74) is 8.74. The molecule has 18 heteroatoms. The number of piperidine rings is 3. The molecule has 4 N–H and O–H groups in total. The van der Waals surface area contributed by atoms with Crippen LogP contribution in [0.3, 0.4) is 0 Å². The fourth-order valence-corrected chi connectivity index (χ4v) is 9.42. The van der Waals surface area contributed by atoms with E-state index in [1.807, 2.05) is 42.3 Å². The van der Waals surface area contributed by atoms with E-state index in [1.165, 1.54) is 0 Å². The summed E-state index contributed by atoms with van der Waals surface area (Å²) in [5, 5.41) is 7.35. The van der Waals surface area contributed by atoms with Crippen molar-refractivity contribution in [3.63, 3.8) is 0 Å². The van der Waals surface area contributed by atoms with E-state index in [0.717, 1.165) is 73.3 Å². The van der Waals surface area contributed by atoms with E-state index in [-0.39, 0.29) is 47.7 Å². The summed E-state index contributed by atoms with van der Waals surface area (Å²) in [4.78, 5) is 96.2. The lowest BCUT2D eigenvalue weighted by atomic mass is 9.79. The third-order valence-corrected chi connectivity index (χ3v) is 12.5. The van der Waals surface area contributed by atoms with Gasteiger partial charge in [-0.15, -0.1) is 0 Å². The molecule has 0 aliphatic carbocycles. The smallest absolute Gasteiger partial charge is 0.343 e. The molecule has 5 saturated heterocycles. The Morgan fingerprint density at radius 1 is 0.828 bits per heavy atom. The minimum atomic E-state index is -0.787. The number of fused-ring (bicyclic) bond motifs is 2. The highest BCUT2D eigenvalue weighted by molar-refractivity contribution is 6.24. The molecule has 5 fully saturated rings. The minimum absolute atomic E-state index is 0.00188. The molecule has 3 atom stereocenters. The van der Waals surface area contributed by atoms with Gasteiger partial charge in [0.05, 0.1) is 35.6 Å². The second kappa shape index (κ2) is 14.8. The average Bonchev–Trinajstić information content (AvgIpc) is 3.70. The van der Waals surface area contributed by atoms with Crippen molar-refractivity contribution in [3.8, 4) is 0 Å². The highest BCUT2D eigenvalue weighted by atomic mass is 16.2. The fraction of sp³-hybridized carbons (Fsp3) is 0.450. The zero-order chi connectivity index (χ0) is 40.2. The number of nitrogens with two attached hydrogens (primary N) is 1. The van der Waals surface area contributed by atoms with Crippen LogP contribution in [-0.2, 0) is 4.79 Å². The number of benzene rings is 2. The maximum Gasteiger partial charge on any atom is 0.343 e. The number of aromatic nitrogens is 2. The number of hydrogen-bond acceptors (Lipinski definition) is 12. The Bertz CT molecular complexity index is 2200. The number of amides is 8. The van der Waals surface area contributed by atoms with Gasteiger partial charge in [-0.2, -0.15) is 5.01 Å². The van der Waals surface area contributed by atoms with Crippen molar-refractivity contribution in [3.05, 3.63) is 65.5 Å². The third kappa shape index (κ3) is 6.64. The highest BCUT2D eigenvalue weighted by Crippen LogP contribution is 2.39. The summed E-state index contributed by atoms with van der Waals surface area (Å²) in [7, 11) is 1.82. The summed E-state index contributed by atoms with van der Waals surface area (Å²) in [6, 6.07) is 12.5. The summed E-state index contributed by atoms with van der Waals surface area (Å²) < 4.78 is 0. The van der Waals surface area contributed by atoms with Crippen LogP contribution >= 0.6 is 0 Å². The van der Waals surface area contributed by atoms with Crippen LogP contribution in [0.25, 0.3) is 0 Å². The van der Waals surface area contributed by atoms with Crippen molar-refractivity contribution in [2.45, 2.75) is 38.1 Å². The van der Waals surface area contributed by atoms with Gasteiger partial charge in [0.25, 0.3) is 17.7 Å². The minimum Gasteiger partial charge on any atom is -0.371 e. The van der Waals surface area contributed by atoms with Gasteiger partial charge >= 0.3 is 12.1 Å². The van der Waals surface area contributed by atoms with Gasteiger partial charge in [-0.1, -0.05) is 6.07 Å². The first kappa shape index (κ1) is 37.1. The maximum absolute atomic E-state index is 13.8. The molecule has 2 unspecified atom stereocenters.